The van der Waals surface area contributed by atoms with E-state index in [0.29, 0.717) is 17.9 Å². The number of aliphatic hydroxyl groups excluding tert-OH is 1. The number of anilines is 1. The molecule has 5 aliphatic rings. The molecular weight excluding hydrogens is 446 g/mol. The first-order valence-corrected chi connectivity index (χ1v) is 12.6. The molecule has 3 saturated carbocycles. The fourth-order valence-electron chi connectivity index (χ4n) is 8.35. The van der Waals surface area contributed by atoms with Gasteiger partial charge in [0.15, 0.2) is 11.4 Å². The lowest BCUT2D eigenvalue weighted by molar-refractivity contribution is -0.185. The molecule has 4 fully saturated rings. The summed E-state index contributed by atoms with van der Waals surface area (Å²) < 4.78 is 18.1. The smallest absolute Gasteiger partial charge is 0.205 e. The van der Waals surface area contributed by atoms with Crippen molar-refractivity contribution in [1.82, 2.24) is 0 Å². The molecule has 6 rings (SSSR count). The minimum absolute atomic E-state index is 0.0121. The largest absolute Gasteiger partial charge is 0.486 e. The maximum atomic E-state index is 13.8. The van der Waals surface area contributed by atoms with Crippen molar-refractivity contribution in [3.05, 3.63) is 48.1 Å². The first-order valence-electron chi connectivity index (χ1n) is 12.6. The Balaban J connectivity index is 1.32. The van der Waals surface area contributed by atoms with Crippen molar-refractivity contribution in [2.24, 2.45) is 28.6 Å². The summed E-state index contributed by atoms with van der Waals surface area (Å²) in [6.07, 6.45) is 7.26. The summed E-state index contributed by atoms with van der Waals surface area (Å²) in [6, 6.07) is 6.96. The van der Waals surface area contributed by atoms with Crippen LogP contribution in [0.2, 0.25) is 0 Å². The Kier molecular flexibility index (Phi) is 5.09. The van der Waals surface area contributed by atoms with E-state index >= 15 is 0 Å². The molecule has 0 radical (unpaired) electrons. The number of fused-ring (bicyclic) bond motifs is 7. The molecule has 186 valence electrons. The SMILES string of the molecule is C[C@]12C=CC(=O)C=C1CC[C@@H]1C2[C@@H](O)C[C@@]2(C)[C@H]1C[C@H]1OCO[C@]12C(=O)COc1ccc(N)cc1. The summed E-state index contributed by atoms with van der Waals surface area (Å²) in [7, 11) is 0. The molecule has 1 unspecified atom stereocenters. The number of nitrogens with two attached hydrogens (primary N) is 1. The van der Waals surface area contributed by atoms with E-state index in [4.69, 9.17) is 19.9 Å². The van der Waals surface area contributed by atoms with Crippen LogP contribution in [0.25, 0.3) is 0 Å². The number of hydrogen-bond acceptors (Lipinski definition) is 7. The van der Waals surface area contributed by atoms with Gasteiger partial charge in [0.1, 0.15) is 19.1 Å². The van der Waals surface area contributed by atoms with Crippen LogP contribution in [0.15, 0.2) is 48.1 Å². The lowest BCUT2D eigenvalue weighted by atomic mass is 9.46. The second-order valence-electron chi connectivity index (χ2n) is 11.4. The van der Waals surface area contributed by atoms with Crippen LogP contribution in [-0.4, -0.2) is 47.9 Å². The molecule has 3 N–H and O–H groups in total. The monoisotopic (exact) mass is 479 g/mol. The van der Waals surface area contributed by atoms with E-state index in [-0.39, 0.29) is 54.2 Å². The molecule has 8 atom stereocenters. The Hall–Kier alpha value is -2.48. The number of rotatable bonds is 4. The van der Waals surface area contributed by atoms with Gasteiger partial charge in [-0.2, -0.15) is 0 Å². The third-order valence-electron chi connectivity index (χ3n) is 9.88. The van der Waals surface area contributed by atoms with Gasteiger partial charge in [0, 0.05) is 22.4 Å². The molecule has 1 saturated heterocycles. The van der Waals surface area contributed by atoms with Gasteiger partial charge < -0.3 is 25.1 Å². The first kappa shape index (κ1) is 23.0. The van der Waals surface area contributed by atoms with Crippen LogP contribution in [0.3, 0.4) is 0 Å². The predicted molar refractivity (Wildman–Crippen MR) is 128 cm³/mol. The molecular formula is C28H33NO6. The number of ether oxygens (including phenoxy) is 3. The van der Waals surface area contributed by atoms with Gasteiger partial charge in [-0.05, 0) is 73.9 Å². The number of nitrogen functional groups attached to an aromatic ring is 1. The van der Waals surface area contributed by atoms with Crippen LogP contribution in [0.4, 0.5) is 5.69 Å². The topological polar surface area (TPSA) is 108 Å². The number of hydrogen-bond donors (Lipinski definition) is 2. The van der Waals surface area contributed by atoms with Gasteiger partial charge in [0.25, 0.3) is 0 Å². The zero-order chi connectivity index (χ0) is 24.6. The van der Waals surface area contributed by atoms with Crippen molar-refractivity contribution in [2.75, 3.05) is 19.1 Å². The zero-order valence-corrected chi connectivity index (χ0v) is 20.2. The molecule has 7 heteroatoms. The van der Waals surface area contributed by atoms with E-state index in [1.807, 2.05) is 6.08 Å². The molecule has 0 aromatic heterocycles. The molecule has 0 spiro atoms. The standard InChI is InChI=1S/C28H33NO6/c1-26-10-9-18(30)11-16(26)3-8-20-21-12-24-28(35-15-34-24,27(21,2)13-22(31)25(20)26)23(32)14-33-19-6-4-17(29)5-7-19/h4-7,9-11,20-22,24-25,31H,3,8,12-15,29H2,1-2H3/t20-,21-,22-,24+,25?,26-,27-,28+/m0/s1. The van der Waals surface area contributed by atoms with E-state index in [9.17, 15) is 14.7 Å². The number of ketones is 2. The lowest BCUT2D eigenvalue weighted by Gasteiger charge is -2.59. The summed E-state index contributed by atoms with van der Waals surface area (Å²) in [5.74, 6) is 0.797. The number of carbonyl (C=O) groups is 2. The highest BCUT2D eigenvalue weighted by atomic mass is 16.7. The Morgan fingerprint density at radius 2 is 2.03 bits per heavy atom. The molecule has 7 nitrogen and oxygen atoms in total. The van der Waals surface area contributed by atoms with E-state index < -0.39 is 17.1 Å². The maximum Gasteiger partial charge on any atom is 0.205 e. The number of Topliss-reactive ketones (excluding diaryl/α,β-unsaturated/α-hetero) is 1. The number of carbonyl (C=O) groups excluding carboxylic acids is 2. The molecule has 1 heterocycles. The van der Waals surface area contributed by atoms with Gasteiger partial charge in [-0.15, -0.1) is 0 Å². The van der Waals surface area contributed by atoms with Gasteiger partial charge in [-0.1, -0.05) is 25.5 Å². The highest BCUT2D eigenvalue weighted by Gasteiger charge is 2.74. The van der Waals surface area contributed by atoms with E-state index in [0.717, 1.165) is 24.8 Å². The van der Waals surface area contributed by atoms with Crippen LogP contribution in [-0.2, 0) is 19.1 Å². The van der Waals surface area contributed by atoms with Crippen LogP contribution in [0, 0.1) is 28.6 Å². The number of aliphatic hydroxyl groups is 1. The lowest BCUT2D eigenvalue weighted by Crippen LogP contribution is -2.63. The highest BCUT2D eigenvalue weighted by Crippen LogP contribution is 2.69. The Labute approximate surface area is 205 Å². The summed E-state index contributed by atoms with van der Waals surface area (Å²) in [4.78, 5) is 25.9. The van der Waals surface area contributed by atoms with Gasteiger partial charge in [0.2, 0.25) is 5.78 Å². The highest BCUT2D eigenvalue weighted by molar-refractivity contribution is 6.01. The normalized spacial score (nSPS) is 43.6. The maximum absolute atomic E-state index is 13.8. The number of benzene rings is 1. The Morgan fingerprint density at radius 3 is 2.80 bits per heavy atom. The minimum atomic E-state index is -1.15. The third kappa shape index (κ3) is 3.07. The van der Waals surface area contributed by atoms with Gasteiger partial charge in [0.05, 0.1) is 12.2 Å². The zero-order valence-electron chi connectivity index (χ0n) is 20.2. The molecule has 4 aliphatic carbocycles. The van der Waals surface area contributed by atoms with E-state index in [1.165, 1.54) is 0 Å². The van der Waals surface area contributed by atoms with Crippen LogP contribution in [0.5, 0.6) is 5.75 Å². The number of allylic oxidation sites excluding steroid dienone is 4. The third-order valence-corrected chi connectivity index (χ3v) is 9.88. The first-order chi connectivity index (χ1) is 16.7. The van der Waals surface area contributed by atoms with Gasteiger partial charge >= 0.3 is 0 Å². The molecule has 0 amide bonds. The quantitative estimate of drug-likeness (QED) is 0.639. The van der Waals surface area contributed by atoms with Crippen molar-refractivity contribution in [3.63, 3.8) is 0 Å². The molecule has 1 aromatic rings. The molecule has 1 aliphatic heterocycles. The van der Waals surface area contributed by atoms with Crippen molar-refractivity contribution in [3.8, 4) is 5.75 Å². The fourth-order valence-corrected chi connectivity index (χ4v) is 8.35. The van der Waals surface area contributed by atoms with Crippen LogP contribution >= 0.6 is 0 Å². The summed E-state index contributed by atoms with van der Waals surface area (Å²) in [5, 5.41) is 11.6. The van der Waals surface area contributed by atoms with E-state index in [1.54, 1.807) is 36.4 Å². The second kappa shape index (κ2) is 7.76. The van der Waals surface area contributed by atoms with Crippen molar-refractivity contribution >= 4 is 17.3 Å². The van der Waals surface area contributed by atoms with Crippen molar-refractivity contribution in [2.45, 2.75) is 57.3 Å². The average Bonchev–Trinajstić information content (AvgIpc) is 3.35. The molecule has 1 aromatic carbocycles. The summed E-state index contributed by atoms with van der Waals surface area (Å²) >= 11 is 0. The Morgan fingerprint density at radius 1 is 1.26 bits per heavy atom. The minimum Gasteiger partial charge on any atom is -0.486 e. The van der Waals surface area contributed by atoms with Gasteiger partial charge in [-0.25, -0.2) is 0 Å². The second-order valence-corrected chi connectivity index (χ2v) is 11.4. The summed E-state index contributed by atoms with van der Waals surface area (Å²) in [5.41, 5.74) is 5.42. The fraction of sp³-hybridized carbons (Fsp3) is 0.571. The Bertz CT molecular complexity index is 1130. The molecule has 35 heavy (non-hydrogen) atoms. The van der Waals surface area contributed by atoms with Crippen molar-refractivity contribution in [1.29, 1.82) is 0 Å². The van der Waals surface area contributed by atoms with Crippen LogP contribution < -0.4 is 10.5 Å². The predicted octanol–water partition coefficient (Wildman–Crippen LogP) is 3.22. The van der Waals surface area contributed by atoms with Crippen LogP contribution in [0.1, 0.15) is 39.5 Å². The average molecular weight is 480 g/mol. The van der Waals surface area contributed by atoms with Crippen molar-refractivity contribution < 1.29 is 28.9 Å². The molecule has 0 bridgehead atoms. The van der Waals surface area contributed by atoms with E-state index in [2.05, 4.69) is 13.8 Å². The summed E-state index contributed by atoms with van der Waals surface area (Å²) in [6.45, 7) is 4.18. The van der Waals surface area contributed by atoms with Gasteiger partial charge in [-0.3, -0.25) is 9.59 Å².